The molecule has 0 amide bonds. The molecule has 20 heavy (non-hydrogen) atoms. The highest BCUT2D eigenvalue weighted by molar-refractivity contribution is 6.16. The summed E-state index contributed by atoms with van der Waals surface area (Å²) in [7, 11) is 0. The van der Waals surface area contributed by atoms with Gasteiger partial charge in [-0.05, 0) is 18.2 Å². The average Bonchev–Trinajstić information content (AvgIpc) is 2.80. The number of imidazole rings is 1. The van der Waals surface area contributed by atoms with Crippen molar-refractivity contribution < 1.29 is 8.78 Å². The smallest absolute Gasteiger partial charge is 0.131 e. The first-order valence-electron chi connectivity index (χ1n) is 6.13. The highest BCUT2D eigenvalue weighted by Crippen LogP contribution is 2.20. The maximum Gasteiger partial charge on any atom is 0.131 e. The van der Waals surface area contributed by atoms with Crippen LogP contribution in [0.25, 0.3) is 11.0 Å². The summed E-state index contributed by atoms with van der Waals surface area (Å²) in [4.78, 5) is 4.41. The summed E-state index contributed by atoms with van der Waals surface area (Å²) in [6, 6.07) is 11.1. The van der Waals surface area contributed by atoms with Crippen LogP contribution in [0.15, 0.2) is 42.5 Å². The second-order valence-corrected chi connectivity index (χ2v) is 4.74. The minimum Gasteiger partial charge on any atom is -0.322 e. The van der Waals surface area contributed by atoms with Crippen LogP contribution in [-0.4, -0.2) is 9.55 Å². The number of fused-ring (bicyclic) bond motifs is 1. The zero-order chi connectivity index (χ0) is 14.1. The summed E-state index contributed by atoms with van der Waals surface area (Å²) >= 11 is 5.90. The van der Waals surface area contributed by atoms with E-state index in [1.54, 1.807) is 0 Å². The molecule has 2 nitrogen and oxygen atoms in total. The van der Waals surface area contributed by atoms with E-state index >= 15 is 0 Å². The van der Waals surface area contributed by atoms with E-state index in [2.05, 4.69) is 4.98 Å². The highest BCUT2D eigenvalue weighted by Gasteiger charge is 2.12. The number of nitrogens with zero attached hydrogens (tertiary/aromatic N) is 2. The molecule has 3 rings (SSSR count). The van der Waals surface area contributed by atoms with E-state index in [0.717, 1.165) is 17.1 Å². The molecule has 0 saturated heterocycles. The van der Waals surface area contributed by atoms with Crippen LogP contribution < -0.4 is 0 Å². The van der Waals surface area contributed by atoms with E-state index in [9.17, 15) is 8.78 Å². The Kier molecular flexibility index (Phi) is 3.40. The van der Waals surface area contributed by atoms with Crippen molar-refractivity contribution in [3.63, 3.8) is 0 Å². The molecule has 0 aliphatic rings. The van der Waals surface area contributed by atoms with Crippen LogP contribution in [0.5, 0.6) is 0 Å². The molecule has 0 aliphatic carbocycles. The standard InChI is InChI=1S/C15H11ClF2N2/c16-8-15-19-13-3-1-2-4-14(13)20(15)9-10-5-6-11(17)7-12(10)18/h1-7H,8-9H2. The lowest BCUT2D eigenvalue weighted by molar-refractivity contribution is 0.566. The molecular weight excluding hydrogens is 282 g/mol. The van der Waals surface area contributed by atoms with Gasteiger partial charge in [-0.25, -0.2) is 13.8 Å². The fourth-order valence-corrected chi connectivity index (χ4v) is 2.43. The lowest BCUT2D eigenvalue weighted by atomic mass is 10.2. The normalized spacial score (nSPS) is 11.2. The van der Waals surface area contributed by atoms with Gasteiger partial charge in [-0.2, -0.15) is 0 Å². The molecule has 3 aromatic rings. The topological polar surface area (TPSA) is 17.8 Å². The quantitative estimate of drug-likeness (QED) is 0.665. The van der Waals surface area contributed by atoms with Crippen molar-refractivity contribution in [2.75, 3.05) is 0 Å². The predicted molar refractivity (Wildman–Crippen MR) is 74.8 cm³/mol. The van der Waals surface area contributed by atoms with Crippen molar-refractivity contribution in [1.82, 2.24) is 9.55 Å². The van der Waals surface area contributed by atoms with Crippen LogP contribution in [0.4, 0.5) is 8.78 Å². The van der Waals surface area contributed by atoms with Gasteiger partial charge >= 0.3 is 0 Å². The molecule has 0 aliphatic heterocycles. The number of hydrogen-bond acceptors (Lipinski definition) is 1. The van der Waals surface area contributed by atoms with Crippen molar-refractivity contribution in [1.29, 1.82) is 0 Å². The van der Waals surface area contributed by atoms with E-state index in [4.69, 9.17) is 11.6 Å². The largest absolute Gasteiger partial charge is 0.322 e. The third-order valence-corrected chi connectivity index (χ3v) is 3.44. The summed E-state index contributed by atoms with van der Waals surface area (Å²) in [5, 5.41) is 0. The Balaban J connectivity index is 2.09. The number of rotatable bonds is 3. The Morgan fingerprint density at radius 1 is 1.10 bits per heavy atom. The van der Waals surface area contributed by atoms with Gasteiger partial charge in [0, 0.05) is 11.6 Å². The Labute approximate surface area is 119 Å². The van der Waals surface area contributed by atoms with Crippen molar-refractivity contribution in [3.8, 4) is 0 Å². The first kappa shape index (κ1) is 13.1. The molecule has 0 fully saturated rings. The predicted octanol–water partition coefficient (Wildman–Crippen LogP) is 4.10. The summed E-state index contributed by atoms with van der Waals surface area (Å²) in [5.74, 6) is -0.253. The first-order chi connectivity index (χ1) is 9.69. The van der Waals surface area contributed by atoms with Gasteiger partial charge in [0.2, 0.25) is 0 Å². The Morgan fingerprint density at radius 2 is 1.90 bits per heavy atom. The summed E-state index contributed by atoms with van der Waals surface area (Å²) in [6.45, 7) is 0.272. The first-order valence-corrected chi connectivity index (χ1v) is 6.66. The van der Waals surface area contributed by atoms with Crippen LogP contribution in [-0.2, 0) is 12.4 Å². The second kappa shape index (κ2) is 5.21. The molecule has 1 aromatic heterocycles. The van der Waals surface area contributed by atoms with Gasteiger partial charge in [-0.3, -0.25) is 0 Å². The van der Waals surface area contributed by atoms with E-state index < -0.39 is 11.6 Å². The number of hydrogen-bond donors (Lipinski definition) is 0. The van der Waals surface area contributed by atoms with Gasteiger partial charge in [-0.1, -0.05) is 18.2 Å². The van der Waals surface area contributed by atoms with Gasteiger partial charge in [0.15, 0.2) is 0 Å². The fourth-order valence-electron chi connectivity index (χ4n) is 2.22. The molecule has 0 bridgehead atoms. The Bertz CT molecular complexity index is 768. The van der Waals surface area contributed by atoms with Crippen LogP contribution >= 0.6 is 11.6 Å². The van der Waals surface area contributed by atoms with E-state index in [1.807, 2.05) is 28.8 Å². The van der Waals surface area contributed by atoms with Crippen molar-refractivity contribution >= 4 is 22.6 Å². The molecule has 1 heterocycles. The minimum absolute atomic E-state index is 0.234. The lowest BCUT2D eigenvalue weighted by Gasteiger charge is -2.09. The van der Waals surface area contributed by atoms with Crippen molar-refractivity contribution in [2.24, 2.45) is 0 Å². The monoisotopic (exact) mass is 292 g/mol. The summed E-state index contributed by atoms with van der Waals surface area (Å²) in [5.41, 5.74) is 2.10. The van der Waals surface area contributed by atoms with Crippen LogP contribution in [0, 0.1) is 11.6 Å². The molecule has 0 N–H and O–H groups in total. The maximum atomic E-state index is 13.8. The van der Waals surface area contributed by atoms with Gasteiger partial charge in [0.1, 0.15) is 17.5 Å². The molecule has 0 unspecified atom stereocenters. The zero-order valence-corrected chi connectivity index (χ0v) is 11.2. The van der Waals surface area contributed by atoms with E-state index in [1.165, 1.54) is 12.1 Å². The molecule has 0 saturated carbocycles. The molecular formula is C15H11ClF2N2. The SMILES string of the molecule is Fc1ccc(Cn2c(CCl)nc3ccccc32)c(F)c1. The number of para-hydroxylation sites is 2. The van der Waals surface area contributed by atoms with Gasteiger partial charge in [0.05, 0.1) is 23.5 Å². The lowest BCUT2D eigenvalue weighted by Crippen LogP contribution is -2.05. The summed E-state index contributed by atoms with van der Waals surface area (Å²) < 4.78 is 28.6. The molecule has 5 heteroatoms. The van der Waals surface area contributed by atoms with E-state index in [0.29, 0.717) is 11.4 Å². The third kappa shape index (κ3) is 2.27. The molecule has 0 spiro atoms. The maximum absolute atomic E-state index is 13.8. The second-order valence-electron chi connectivity index (χ2n) is 4.47. The summed E-state index contributed by atoms with van der Waals surface area (Å²) in [6.07, 6.45) is 0. The van der Waals surface area contributed by atoms with Crippen LogP contribution in [0.1, 0.15) is 11.4 Å². The van der Waals surface area contributed by atoms with Crippen molar-refractivity contribution in [3.05, 3.63) is 65.5 Å². The Hall–Kier alpha value is -1.94. The Morgan fingerprint density at radius 3 is 2.65 bits per heavy atom. The zero-order valence-electron chi connectivity index (χ0n) is 10.5. The molecule has 0 atom stereocenters. The highest BCUT2D eigenvalue weighted by atomic mass is 35.5. The van der Waals surface area contributed by atoms with E-state index in [-0.39, 0.29) is 12.4 Å². The molecule has 102 valence electrons. The third-order valence-electron chi connectivity index (χ3n) is 3.20. The minimum atomic E-state index is -0.584. The number of halogens is 3. The van der Waals surface area contributed by atoms with Crippen LogP contribution in [0.2, 0.25) is 0 Å². The average molecular weight is 293 g/mol. The van der Waals surface area contributed by atoms with Gasteiger partial charge in [-0.15, -0.1) is 11.6 Å². The fraction of sp³-hybridized carbons (Fsp3) is 0.133. The molecule has 2 aromatic carbocycles. The number of aromatic nitrogens is 2. The van der Waals surface area contributed by atoms with Gasteiger partial charge in [0.25, 0.3) is 0 Å². The number of benzene rings is 2. The van der Waals surface area contributed by atoms with Crippen LogP contribution in [0.3, 0.4) is 0 Å². The molecule has 0 radical (unpaired) electrons. The number of alkyl halides is 1. The van der Waals surface area contributed by atoms with Crippen molar-refractivity contribution in [2.45, 2.75) is 12.4 Å². The van der Waals surface area contributed by atoms with Gasteiger partial charge < -0.3 is 4.57 Å².